The zero-order chi connectivity index (χ0) is 12.6. The Bertz CT molecular complexity index is 431. The highest BCUT2D eigenvalue weighted by Gasteiger charge is 2.36. The van der Waals surface area contributed by atoms with Crippen LogP contribution in [0.15, 0.2) is 16.5 Å². The summed E-state index contributed by atoms with van der Waals surface area (Å²) in [6.45, 7) is 5.46. The summed E-state index contributed by atoms with van der Waals surface area (Å²) in [5.74, 6) is 0.179. The maximum absolute atomic E-state index is 12.1. The van der Waals surface area contributed by atoms with Gasteiger partial charge in [-0.1, -0.05) is 13.8 Å². The van der Waals surface area contributed by atoms with Gasteiger partial charge < -0.3 is 15.1 Å². The molecule has 1 atom stereocenters. The highest BCUT2D eigenvalue weighted by Crippen LogP contribution is 2.29. The number of nitrogens with two attached hydrogens (primary N) is 1. The van der Waals surface area contributed by atoms with Crippen molar-refractivity contribution >= 4 is 29.9 Å². The van der Waals surface area contributed by atoms with Gasteiger partial charge in [-0.15, -0.1) is 12.4 Å². The molecule has 1 unspecified atom stereocenters. The third-order valence-electron chi connectivity index (χ3n) is 3.38. The monoisotopic (exact) mass is 292 g/mol. The summed E-state index contributed by atoms with van der Waals surface area (Å²) >= 11 is 5.67. The topological polar surface area (TPSA) is 59.5 Å². The van der Waals surface area contributed by atoms with Crippen LogP contribution in [-0.4, -0.2) is 29.9 Å². The van der Waals surface area contributed by atoms with Crippen molar-refractivity contribution in [3.05, 3.63) is 23.1 Å². The van der Waals surface area contributed by atoms with Crippen molar-refractivity contribution in [1.29, 1.82) is 0 Å². The van der Waals surface area contributed by atoms with E-state index >= 15 is 0 Å². The number of piperidine rings is 1. The minimum atomic E-state index is -0.114. The smallest absolute Gasteiger partial charge is 0.289 e. The molecule has 1 fully saturated rings. The Morgan fingerprint density at radius 3 is 2.72 bits per heavy atom. The number of furan rings is 1. The minimum absolute atomic E-state index is 0. The number of amides is 1. The van der Waals surface area contributed by atoms with Gasteiger partial charge in [-0.3, -0.25) is 4.79 Å². The Morgan fingerprint density at radius 1 is 1.56 bits per heavy atom. The van der Waals surface area contributed by atoms with Crippen molar-refractivity contribution in [2.45, 2.75) is 26.3 Å². The minimum Gasteiger partial charge on any atom is -0.440 e. The van der Waals surface area contributed by atoms with Crippen LogP contribution in [0.3, 0.4) is 0 Å². The molecule has 1 saturated heterocycles. The number of nitrogens with zero attached hydrogens (tertiary/aromatic N) is 1. The number of carbonyl (C=O) groups is 1. The molecule has 2 rings (SSSR count). The second-order valence-electron chi connectivity index (χ2n) is 5.21. The van der Waals surface area contributed by atoms with E-state index < -0.39 is 0 Å². The van der Waals surface area contributed by atoms with Crippen molar-refractivity contribution in [2.75, 3.05) is 13.1 Å². The Labute approximate surface area is 118 Å². The lowest BCUT2D eigenvalue weighted by Gasteiger charge is -2.42. The molecule has 0 bridgehead atoms. The molecule has 1 aromatic heterocycles. The van der Waals surface area contributed by atoms with Crippen LogP contribution in [0, 0.1) is 5.41 Å². The second kappa shape index (κ2) is 5.51. The summed E-state index contributed by atoms with van der Waals surface area (Å²) in [7, 11) is 0. The second-order valence-corrected chi connectivity index (χ2v) is 5.59. The van der Waals surface area contributed by atoms with Gasteiger partial charge in [-0.25, -0.2) is 0 Å². The van der Waals surface area contributed by atoms with E-state index in [0.717, 1.165) is 6.42 Å². The highest BCUT2D eigenvalue weighted by molar-refractivity contribution is 6.29. The van der Waals surface area contributed by atoms with Crippen LogP contribution < -0.4 is 5.73 Å². The van der Waals surface area contributed by atoms with Crippen LogP contribution in [-0.2, 0) is 0 Å². The molecule has 0 aromatic carbocycles. The first-order valence-corrected chi connectivity index (χ1v) is 6.08. The molecule has 2 heterocycles. The van der Waals surface area contributed by atoms with E-state index in [2.05, 4.69) is 13.8 Å². The number of halogens is 2. The molecule has 1 aromatic rings. The fourth-order valence-corrected chi connectivity index (χ4v) is 2.28. The van der Waals surface area contributed by atoms with Crippen LogP contribution in [0.25, 0.3) is 0 Å². The molecule has 0 aliphatic carbocycles. The standard InChI is InChI=1S/C12H17ClN2O2.ClH/c1-12(2)7-15(6-5-9(12)14)11(16)8-3-4-10(13)17-8;/h3-4,9H,5-7,14H2,1-2H3;1H. The highest BCUT2D eigenvalue weighted by atomic mass is 35.5. The SMILES string of the molecule is CC1(C)CN(C(=O)c2ccc(Cl)o2)CCC1N.Cl. The normalized spacial score (nSPS) is 22.4. The van der Waals surface area contributed by atoms with Gasteiger partial charge in [0.1, 0.15) is 0 Å². The molecule has 1 aliphatic rings. The molecule has 18 heavy (non-hydrogen) atoms. The van der Waals surface area contributed by atoms with Gasteiger partial charge in [0.05, 0.1) is 0 Å². The van der Waals surface area contributed by atoms with Gasteiger partial charge in [-0.2, -0.15) is 0 Å². The van der Waals surface area contributed by atoms with Crippen LogP contribution in [0.2, 0.25) is 5.22 Å². The molecule has 2 N–H and O–H groups in total. The summed E-state index contributed by atoms with van der Waals surface area (Å²) in [6, 6.07) is 3.31. The average molecular weight is 293 g/mol. The molecule has 0 saturated carbocycles. The zero-order valence-corrected chi connectivity index (χ0v) is 12.1. The molecule has 1 amide bonds. The molecule has 0 spiro atoms. The van der Waals surface area contributed by atoms with E-state index in [1.54, 1.807) is 17.0 Å². The maximum Gasteiger partial charge on any atom is 0.289 e. The van der Waals surface area contributed by atoms with E-state index in [1.165, 1.54) is 0 Å². The fraction of sp³-hybridized carbons (Fsp3) is 0.583. The number of hydrogen-bond acceptors (Lipinski definition) is 3. The van der Waals surface area contributed by atoms with E-state index in [0.29, 0.717) is 18.8 Å². The fourth-order valence-electron chi connectivity index (χ4n) is 2.13. The van der Waals surface area contributed by atoms with Gasteiger partial charge in [0.2, 0.25) is 0 Å². The Morgan fingerprint density at radius 2 is 2.22 bits per heavy atom. The number of carbonyl (C=O) groups excluding carboxylic acids is 1. The largest absolute Gasteiger partial charge is 0.440 e. The zero-order valence-electron chi connectivity index (χ0n) is 10.5. The van der Waals surface area contributed by atoms with Gasteiger partial charge >= 0.3 is 0 Å². The first-order chi connectivity index (χ1) is 7.90. The maximum atomic E-state index is 12.1. The third-order valence-corrected chi connectivity index (χ3v) is 3.59. The van der Waals surface area contributed by atoms with Crippen molar-refractivity contribution in [3.63, 3.8) is 0 Å². The number of hydrogen-bond donors (Lipinski definition) is 1. The molecule has 1 aliphatic heterocycles. The first kappa shape index (κ1) is 15.3. The summed E-state index contributed by atoms with van der Waals surface area (Å²) in [4.78, 5) is 13.9. The molecule has 102 valence electrons. The van der Waals surface area contributed by atoms with Crippen LogP contribution in [0.1, 0.15) is 30.8 Å². The predicted molar refractivity (Wildman–Crippen MR) is 73.2 cm³/mol. The quantitative estimate of drug-likeness (QED) is 0.865. The Balaban J connectivity index is 0.00000162. The summed E-state index contributed by atoms with van der Waals surface area (Å²) in [5, 5.41) is 0.237. The molecule has 0 radical (unpaired) electrons. The summed E-state index contributed by atoms with van der Waals surface area (Å²) < 4.78 is 5.14. The van der Waals surface area contributed by atoms with Crippen LogP contribution in [0.4, 0.5) is 0 Å². The Kier molecular flexibility index (Phi) is 4.70. The summed E-state index contributed by atoms with van der Waals surface area (Å²) in [5.41, 5.74) is 5.97. The first-order valence-electron chi connectivity index (χ1n) is 5.70. The van der Waals surface area contributed by atoms with E-state index in [4.69, 9.17) is 21.8 Å². The van der Waals surface area contributed by atoms with E-state index in [-0.39, 0.29) is 35.0 Å². The van der Waals surface area contributed by atoms with Crippen LogP contribution >= 0.6 is 24.0 Å². The molecule has 4 nitrogen and oxygen atoms in total. The van der Waals surface area contributed by atoms with Crippen molar-refractivity contribution < 1.29 is 9.21 Å². The lowest BCUT2D eigenvalue weighted by atomic mass is 9.79. The van der Waals surface area contributed by atoms with Gasteiger partial charge in [0.15, 0.2) is 11.0 Å². The van der Waals surface area contributed by atoms with Gasteiger partial charge in [0.25, 0.3) is 5.91 Å². The van der Waals surface area contributed by atoms with Gasteiger partial charge in [0, 0.05) is 19.1 Å². The van der Waals surface area contributed by atoms with Crippen molar-refractivity contribution in [2.24, 2.45) is 11.1 Å². The summed E-state index contributed by atoms with van der Waals surface area (Å²) in [6.07, 6.45) is 0.813. The third kappa shape index (κ3) is 2.99. The molecular weight excluding hydrogens is 275 g/mol. The van der Waals surface area contributed by atoms with E-state index in [9.17, 15) is 4.79 Å². The predicted octanol–water partition coefficient (Wildman–Crippen LogP) is 2.55. The van der Waals surface area contributed by atoms with Crippen LogP contribution in [0.5, 0.6) is 0 Å². The number of rotatable bonds is 1. The molecular formula is C12H18Cl2N2O2. The van der Waals surface area contributed by atoms with Crippen molar-refractivity contribution in [1.82, 2.24) is 4.90 Å². The van der Waals surface area contributed by atoms with Gasteiger partial charge in [-0.05, 0) is 35.6 Å². The molecule has 6 heteroatoms. The lowest BCUT2D eigenvalue weighted by Crippen LogP contribution is -2.53. The van der Waals surface area contributed by atoms with Crippen molar-refractivity contribution in [3.8, 4) is 0 Å². The number of likely N-dealkylation sites (tertiary alicyclic amines) is 1. The lowest BCUT2D eigenvalue weighted by molar-refractivity contribution is 0.0503. The van der Waals surface area contributed by atoms with E-state index in [1.807, 2.05) is 0 Å². The Hall–Kier alpha value is -0.710. The average Bonchev–Trinajstić information content (AvgIpc) is 2.68.